The van der Waals surface area contributed by atoms with Crippen molar-refractivity contribution in [3.05, 3.63) is 52.5 Å². The molecule has 0 aliphatic carbocycles. The topological polar surface area (TPSA) is 58.1 Å². The molecule has 3 heterocycles. The van der Waals surface area contributed by atoms with Crippen molar-refractivity contribution in [2.24, 2.45) is 0 Å². The van der Waals surface area contributed by atoms with E-state index in [1.807, 2.05) is 35.7 Å². The van der Waals surface area contributed by atoms with Crippen molar-refractivity contribution >= 4 is 34.0 Å². The lowest BCUT2D eigenvalue weighted by Gasteiger charge is -2.28. The molecular formula is C19H20N4OS. The molecule has 3 aromatic rings. The summed E-state index contributed by atoms with van der Waals surface area (Å²) in [6.45, 7) is 2.58. The highest BCUT2D eigenvalue weighted by molar-refractivity contribution is 7.09. The van der Waals surface area contributed by atoms with Crippen molar-refractivity contribution in [2.45, 2.75) is 25.8 Å². The molecule has 1 N–H and O–H groups in total. The molecule has 0 atom stereocenters. The van der Waals surface area contributed by atoms with Crippen LogP contribution in [-0.4, -0.2) is 29.0 Å². The van der Waals surface area contributed by atoms with E-state index >= 15 is 0 Å². The molecule has 1 amide bonds. The van der Waals surface area contributed by atoms with Crippen LogP contribution in [0.3, 0.4) is 0 Å². The van der Waals surface area contributed by atoms with Gasteiger partial charge in [0.2, 0.25) is 0 Å². The van der Waals surface area contributed by atoms with E-state index in [9.17, 15) is 4.79 Å². The molecule has 4 rings (SSSR count). The molecule has 128 valence electrons. The van der Waals surface area contributed by atoms with Crippen LogP contribution in [-0.2, 0) is 6.54 Å². The van der Waals surface area contributed by atoms with Gasteiger partial charge in [-0.1, -0.05) is 6.07 Å². The van der Waals surface area contributed by atoms with Crippen molar-refractivity contribution in [3.8, 4) is 0 Å². The van der Waals surface area contributed by atoms with E-state index in [-0.39, 0.29) is 5.91 Å². The van der Waals surface area contributed by atoms with Crippen LogP contribution in [0.25, 0.3) is 10.9 Å². The average Bonchev–Trinajstić information content (AvgIpc) is 3.19. The summed E-state index contributed by atoms with van der Waals surface area (Å²) in [7, 11) is 0. The molecule has 6 heteroatoms. The van der Waals surface area contributed by atoms with Gasteiger partial charge in [0.05, 0.1) is 12.1 Å². The molecule has 25 heavy (non-hydrogen) atoms. The van der Waals surface area contributed by atoms with Gasteiger partial charge in [0.25, 0.3) is 5.91 Å². The maximum absolute atomic E-state index is 12.5. The Bertz CT molecular complexity index is 872. The van der Waals surface area contributed by atoms with Crippen LogP contribution >= 0.6 is 11.3 Å². The summed E-state index contributed by atoms with van der Waals surface area (Å²) in [5.41, 5.74) is 1.53. The SMILES string of the molecule is O=C(NCc1cccs1)c1ccc2ncnc(N3CCCCC3)c2c1. The van der Waals surface area contributed by atoms with Crippen molar-refractivity contribution in [3.63, 3.8) is 0 Å². The number of nitrogens with one attached hydrogen (secondary N) is 1. The van der Waals surface area contributed by atoms with Gasteiger partial charge in [-0.25, -0.2) is 9.97 Å². The van der Waals surface area contributed by atoms with Gasteiger partial charge < -0.3 is 10.2 Å². The maximum Gasteiger partial charge on any atom is 0.251 e. The number of hydrogen-bond acceptors (Lipinski definition) is 5. The number of aromatic nitrogens is 2. The molecule has 5 nitrogen and oxygen atoms in total. The van der Waals surface area contributed by atoms with Crippen LogP contribution in [0.5, 0.6) is 0 Å². The quantitative estimate of drug-likeness (QED) is 0.779. The monoisotopic (exact) mass is 352 g/mol. The second kappa shape index (κ2) is 7.19. The van der Waals surface area contributed by atoms with Crippen molar-refractivity contribution in [1.82, 2.24) is 15.3 Å². The summed E-state index contributed by atoms with van der Waals surface area (Å²) in [5, 5.41) is 5.95. The fraction of sp³-hybridized carbons (Fsp3) is 0.316. The van der Waals surface area contributed by atoms with E-state index in [1.54, 1.807) is 17.7 Å². The van der Waals surface area contributed by atoms with Gasteiger partial charge in [-0.05, 0) is 48.9 Å². The summed E-state index contributed by atoms with van der Waals surface area (Å²) in [6.07, 6.45) is 5.26. The highest BCUT2D eigenvalue weighted by atomic mass is 32.1. The molecule has 1 fully saturated rings. The van der Waals surface area contributed by atoms with E-state index in [1.165, 1.54) is 19.3 Å². The van der Waals surface area contributed by atoms with Gasteiger partial charge in [-0.3, -0.25) is 4.79 Å². The summed E-state index contributed by atoms with van der Waals surface area (Å²) in [6, 6.07) is 9.67. The Kier molecular flexibility index (Phi) is 4.61. The number of hydrogen-bond donors (Lipinski definition) is 1. The number of amides is 1. The zero-order valence-electron chi connectivity index (χ0n) is 13.9. The fourth-order valence-electron chi connectivity index (χ4n) is 3.22. The number of carbonyl (C=O) groups is 1. The average molecular weight is 352 g/mol. The van der Waals surface area contributed by atoms with E-state index in [0.717, 1.165) is 34.7 Å². The minimum atomic E-state index is -0.0660. The summed E-state index contributed by atoms with van der Waals surface area (Å²) < 4.78 is 0. The first-order valence-corrected chi connectivity index (χ1v) is 9.49. The lowest BCUT2D eigenvalue weighted by Crippen LogP contribution is -2.30. The van der Waals surface area contributed by atoms with Gasteiger partial charge in [-0.2, -0.15) is 0 Å². The molecule has 0 spiro atoms. The van der Waals surface area contributed by atoms with E-state index < -0.39 is 0 Å². The summed E-state index contributed by atoms with van der Waals surface area (Å²) >= 11 is 1.64. The van der Waals surface area contributed by atoms with E-state index in [0.29, 0.717) is 12.1 Å². The van der Waals surface area contributed by atoms with Crippen LogP contribution in [0.4, 0.5) is 5.82 Å². The van der Waals surface area contributed by atoms with Gasteiger partial charge in [0.1, 0.15) is 12.1 Å². The smallest absolute Gasteiger partial charge is 0.251 e. The highest BCUT2D eigenvalue weighted by Gasteiger charge is 2.16. The fourth-order valence-corrected chi connectivity index (χ4v) is 3.87. The Morgan fingerprint density at radius 2 is 2.04 bits per heavy atom. The molecule has 1 aromatic carbocycles. The third-order valence-electron chi connectivity index (χ3n) is 4.54. The highest BCUT2D eigenvalue weighted by Crippen LogP contribution is 2.26. The van der Waals surface area contributed by atoms with Crippen molar-refractivity contribution < 1.29 is 4.79 Å². The first-order chi connectivity index (χ1) is 12.3. The predicted octanol–water partition coefficient (Wildman–Crippen LogP) is 3.61. The van der Waals surface area contributed by atoms with Crippen LogP contribution in [0.1, 0.15) is 34.5 Å². The van der Waals surface area contributed by atoms with Crippen molar-refractivity contribution in [2.75, 3.05) is 18.0 Å². The van der Waals surface area contributed by atoms with Crippen LogP contribution < -0.4 is 10.2 Å². The molecule has 1 aliphatic rings. The van der Waals surface area contributed by atoms with Gasteiger partial charge >= 0.3 is 0 Å². The summed E-state index contributed by atoms with van der Waals surface area (Å²) in [5.74, 6) is 0.876. The Balaban J connectivity index is 1.60. The first kappa shape index (κ1) is 16.0. The second-order valence-electron chi connectivity index (χ2n) is 6.24. The standard InChI is InChI=1S/C19H20N4OS/c24-19(20-12-15-5-4-10-25-15)14-6-7-17-16(11-14)18(22-13-21-17)23-8-2-1-3-9-23/h4-7,10-11,13H,1-3,8-9,12H2,(H,20,24). The van der Waals surface area contributed by atoms with E-state index in [2.05, 4.69) is 20.2 Å². The Labute approximate surface area is 150 Å². The normalized spacial score (nSPS) is 14.6. The molecule has 1 aliphatic heterocycles. The zero-order valence-corrected chi connectivity index (χ0v) is 14.8. The van der Waals surface area contributed by atoms with E-state index in [4.69, 9.17) is 0 Å². The largest absolute Gasteiger partial charge is 0.356 e. The van der Waals surface area contributed by atoms with Crippen LogP contribution in [0.15, 0.2) is 42.0 Å². The molecule has 0 saturated carbocycles. The number of piperidine rings is 1. The van der Waals surface area contributed by atoms with Crippen LogP contribution in [0, 0.1) is 0 Å². The first-order valence-electron chi connectivity index (χ1n) is 8.61. The Morgan fingerprint density at radius 3 is 2.84 bits per heavy atom. The lowest BCUT2D eigenvalue weighted by molar-refractivity contribution is 0.0951. The minimum Gasteiger partial charge on any atom is -0.356 e. The van der Waals surface area contributed by atoms with Crippen LogP contribution in [0.2, 0.25) is 0 Å². The zero-order chi connectivity index (χ0) is 17.1. The lowest BCUT2D eigenvalue weighted by atomic mass is 10.1. The molecule has 0 radical (unpaired) electrons. The number of rotatable bonds is 4. The summed E-state index contributed by atoms with van der Waals surface area (Å²) in [4.78, 5) is 24.8. The number of nitrogens with zero attached hydrogens (tertiary/aromatic N) is 3. The van der Waals surface area contributed by atoms with Gasteiger partial charge in [0.15, 0.2) is 0 Å². The Morgan fingerprint density at radius 1 is 1.16 bits per heavy atom. The Hall–Kier alpha value is -2.47. The maximum atomic E-state index is 12.5. The number of carbonyl (C=O) groups excluding carboxylic acids is 1. The number of anilines is 1. The number of thiophene rings is 1. The molecular weight excluding hydrogens is 332 g/mol. The van der Waals surface area contributed by atoms with Gasteiger partial charge in [0, 0.05) is 28.9 Å². The number of benzene rings is 1. The van der Waals surface area contributed by atoms with Gasteiger partial charge in [-0.15, -0.1) is 11.3 Å². The molecule has 0 unspecified atom stereocenters. The predicted molar refractivity (Wildman–Crippen MR) is 101 cm³/mol. The van der Waals surface area contributed by atoms with Crippen molar-refractivity contribution in [1.29, 1.82) is 0 Å². The minimum absolute atomic E-state index is 0.0660. The second-order valence-corrected chi connectivity index (χ2v) is 7.27. The third kappa shape index (κ3) is 3.49. The molecule has 0 bridgehead atoms. The number of fused-ring (bicyclic) bond motifs is 1. The molecule has 2 aromatic heterocycles. The molecule has 1 saturated heterocycles. The third-order valence-corrected chi connectivity index (χ3v) is 5.41.